The van der Waals surface area contributed by atoms with Gasteiger partial charge >= 0.3 is 0 Å². The fourth-order valence-corrected chi connectivity index (χ4v) is 2.20. The van der Waals surface area contributed by atoms with Crippen molar-refractivity contribution in [3.8, 4) is 0 Å². The number of carbonyl (C=O) groups is 1. The minimum Gasteiger partial charge on any atom is -0.330 e. The van der Waals surface area contributed by atoms with Crippen molar-refractivity contribution in [3.63, 3.8) is 0 Å². The topological polar surface area (TPSA) is 98.7 Å². The van der Waals surface area contributed by atoms with Crippen LogP contribution in [0, 0.1) is 11.8 Å². The summed E-state index contributed by atoms with van der Waals surface area (Å²) in [5, 5.41) is 13.9. The number of aromatic nitrogens is 4. The highest BCUT2D eigenvalue weighted by atomic mass is 16.2. The number of rotatable bonds is 3. The van der Waals surface area contributed by atoms with Crippen LogP contribution < -0.4 is 11.1 Å². The lowest BCUT2D eigenvalue weighted by Gasteiger charge is -2.15. The smallest absolute Gasteiger partial charge is 0.270 e. The fourth-order valence-electron chi connectivity index (χ4n) is 2.20. The van der Waals surface area contributed by atoms with Crippen LogP contribution in [-0.2, 0) is 11.8 Å². The van der Waals surface area contributed by atoms with Gasteiger partial charge in [-0.25, -0.2) is 0 Å². The van der Waals surface area contributed by atoms with Crippen LogP contribution in [-0.4, -0.2) is 32.7 Å². The Morgan fingerprint density at radius 2 is 2.44 bits per heavy atom. The van der Waals surface area contributed by atoms with Crippen LogP contribution in [0.5, 0.6) is 0 Å². The van der Waals surface area contributed by atoms with Gasteiger partial charge < -0.3 is 5.73 Å². The Labute approximate surface area is 93.4 Å². The first kappa shape index (κ1) is 11.0. The Kier molecular flexibility index (Phi) is 3.14. The molecule has 7 nitrogen and oxygen atoms in total. The summed E-state index contributed by atoms with van der Waals surface area (Å²) in [4.78, 5) is 13.2. The number of aryl methyl sites for hydroxylation is 1. The van der Waals surface area contributed by atoms with Crippen molar-refractivity contribution >= 4 is 11.9 Å². The van der Waals surface area contributed by atoms with Gasteiger partial charge in [-0.3, -0.25) is 10.1 Å². The van der Waals surface area contributed by atoms with E-state index in [4.69, 9.17) is 5.73 Å². The molecule has 1 aliphatic rings. The highest BCUT2D eigenvalue weighted by Crippen LogP contribution is 2.31. The number of hydrogen-bond acceptors (Lipinski definition) is 5. The van der Waals surface area contributed by atoms with Gasteiger partial charge in [-0.15, -0.1) is 5.10 Å². The second kappa shape index (κ2) is 4.56. The molecule has 0 radical (unpaired) electrons. The molecule has 0 aromatic carbocycles. The van der Waals surface area contributed by atoms with Crippen molar-refractivity contribution in [3.05, 3.63) is 0 Å². The van der Waals surface area contributed by atoms with Gasteiger partial charge in [0.15, 0.2) is 0 Å². The van der Waals surface area contributed by atoms with E-state index in [2.05, 4.69) is 20.7 Å². The third-order valence-corrected chi connectivity index (χ3v) is 3.04. The Balaban J connectivity index is 1.97. The van der Waals surface area contributed by atoms with E-state index in [1.807, 2.05) is 0 Å². The number of carbonyl (C=O) groups excluding carboxylic acids is 1. The maximum absolute atomic E-state index is 11.9. The molecule has 1 amide bonds. The highest BCUT2D eigenvalue weighted by Gasteiger charge is 2.32. The van der Waals surface area contributed by atoms with E-state index in [0.29, 0.717) is 6.54 Å². The lowest BCUT2D eigenvalue weighted by molar-refractivity contribution is -0.120. The van der Waals surface area contributed by atoms with Crippen LogP contribution in [0.15, 0.2) is 0 Å². The Morgan fingerprint density at radius 1 is 1.62 bits per heavy atom. The Bertz CT molecular complexity index is 376. The number of anilines is 1. The van der Waals surface area contributed by atoms with E-state index in [9.17, 15) is 4.79 Å². The summed E-state index contributed by atoms with van der Waals surface area (Å²) in [6, 6.07) is 0. The lowest BCUT2D eigenvalue weighted by atomic mass is 9.95. The number of tetrazole rings is 1. The molecule has 1 aromatic heterocycles. The van der Waals surface area contributed by atoms with E-state index in [0.717, 1.165) is 19.3 Å². The van der Waals surface area contributed by atoms with Crippen molar-refractivity contribution < 1.29 is 4.79 Å². The molecule has 88 valence electrons. The SMILES string of the molecule is Cn1nnc(NC(=O)C2CCCC2CN)n1. The molecule has 1 aromatic rings. The second-order valence-electron chi connectivity index (χ2n) is 4.12. The van der Waals surface area contributed by atoms with Crippen LogP contribution in [0.2, 0.25) is 0 Å². The maximum Gasteiger partial charge on any atom is 0.270 e. The molecular formula is C9H16N6O. The molecule has 3 N–H and O–H groups in total. The third-order valence-electron chi connectivity index (χ3n) is 3.04. The number of nitrogens with two attached hydrogens (primary N) is 1. The molecule has 1 fully saturated rings. The maximum atomic E-state index is 11.9. The summed E-state index contributed by atoms with van der Waals surface area (Å²) < 4.78 is 0. The standard InChI is InChI=1S/C9H16N6O/c1-15-13-9(12-14-15)11-8(16)7-4-2-3-6(7)5-10/h6-7H,2-5,10H2,1H3,(H,11,13,16). The van der Waals surface area contributed by atoms with Gasteiger partial charge in [-0.2, -0.15) is 4.80 Å². The van der Waals surface area contributed by atoms with E-state index in [1.54, 1.807) is 7.05 Å². The normalized spacial score (nSPS) is 24.6. The predicted octanol–water partition coefficient (Wildman–Crippen LogP) is -0.476. The van der Waals surface area contributed by atoms with Gasteiger partial charge in [0, 0.05) is 5.92 Å². The molecule has 2 unspecified atom stereocenters. The first-order valence-electron chi connectivity index (χ1n) is 5.45. The summed E-state index contributed by atoms with van der Waals surface area (Å²) in [6.07, 6.45) is 2.99. The summed E-state index contributed by atoms with van der Waals surface area (Å²) in [5.74, 6) is 0.501. The van der Waals surface area contributed by atoms with Gasteiger partial charge in [0.05, 0.1) is 7.05 Å². The molecular weight excluding hydrogens is 208 g/mol. The average molecular weight is 224 g/mol. The van der Waals surface area contributed by atoms with Crippen LogP contribution in [0.25, 0.3) is 0 Å². The highest BCUT2D eigenvalue weighted by molar-refractivity contribution is 5.91. The van der Waals surface area contributed by atoms with Crippen LogP contribution in [0.1, 0.15) is 19.3 Å². The third kappa shape index (κ3) is 2.19. The number of nitrogens with one attached hydrogen (secondary N) is 1. The van der Waals surface area contributed by atoms with E-state index in [-0.39, 0.29) is 23.7 Å². The minimum absolute atomic E-state index is 0.00574. The zero-order chi connectivity index (χ0) is 11.5. The zero-order valence-corrected chi connectivity index (χ0v) is 9.26. The molecule has 0 saturated heterocycles. The van der Waals surface area contributed by atoms with Gasteiger partial charge in [0.1, 0.15) is 0 Å². The molecule has 2 rings (SSSR count). The fraction of sp³-hybridized carbons (Fsp3) is 0.778. The molecule has 0 bridgehead atoms. The Hall–Kier alpha value is -1.50. The molecule has 7 heteroatoms. The van der Waals surface area contributed by atoms with Crippen molar-refractivity contribution in [1.29, 1.82) is 0 Å². The average Bonchev–Trinajstić information content (AvgIpc) is 2.86. The van der Waals surface area contributed by atoms with Crippen LogP contribution in [0.4, 0.5) is 5.95 Å². The Morgan fingerprint density at radius 3 is 3.06 bits per heavy atom. The van der Waals surface area contributed by atoms with Gasteiger partial charge in [0.2, 0.25) is 5.91 Å². The summed E-state index contributed by atoms with van der Waals surface area (Å²) >= 11 is 0. The summed E-state index contributed by atoms with van der Waals surface area (Å²) in [5.41, 5.74) is 5.63. The van der Waals surface area contributed by atoms with Gasteiger partial charge in [-0.05, 0) is 30.5 Å². The monoisotopic (exact) mass is 224 g/mol. The quantitative estimate of drug-likeness (QED) is 0.722. The number of amides is 1. The second-order valence-corrected chi connectivity index (χ2v) is 4.12. The van der Waals surface area contributed by atoms with E-state index >= 15 is 0 Å². The minimum atomic E-state index is -0.0408. The lowest BCUT2D eigenvalue weighted by Crippen LogP contribution is -2.30. The first-order chi connectivity index (χ1) is 7.70. The summed E-state index contributed by atoms with van der Waals surface area (Å²) in [6.45, 7) is 0.561. The van der Waals surface area contributed by atoms with Gasteiger partial charge in [0.25, 0.3) is 5.95 Å². The molecule has 1 aliphatic carbocycles. The van der Waals surface area contributed by atoms with Gasteiger partial charge in [-0.1, -0.05) is 11.5 Å². The van der Waals surface area contributed by atoms with Crippen LogP contribution >= 0.6 is 0 Å². The van der Waals surface area contributed by atoms with Crippen molar-refractivity contribution in [2.75, 3.05) is 11.9 Å². The first-order valence-corrected chi connectivity index (χ1v) is 5.45. The van der Waals surface area contributed by atoms with E-state index < -0.39 is 0 Å². The number of nitrogens with zero attached hydrogens (tertiary/aromatic N) is 4. The number of hydrogen-bond donors (Lipinski definition) is 2. The molecule has 16 heavy (non-hydrogen) atoms. The summed E-state index contributed by atoms with van der Waals surface area (Å²) in [7, 11) is 1.65. The van der Waals surface area contributed by atoms with Crippen molar-refractivity contribution in [1.82, 2.24) is 20.2 Å². The zero-order valence-electron chi connectivity index (χ0n) is 9.26. The van der Waals surface area contributed by atoms with Crippen molar-refractivity contribution in [2.45, 2.75) is 19.3 Å². The van der Waals surface area contributed by atoms with Crippen molar-refractivity contribution in [2.24, 2.45) is 24.6 Å². The molecule has 0 aliphatic heterocycles. The van der Waals surface area contributed by atoms with E-state index in [1.165, 1.54) is 4.80 Å². The molecule has 1 heterocycles. The molecule has 1 saturated carbocycles. The predicted molar refractivity (Wildman–Crippen MR) is 57.3 cm³/mol. The largest absolute Gasteiger partial charge is 0.330 e. The molecule has 0 spiro atoms. The molecule has 2 atom stereocenters. The van der Waals surface area contributed by atoms with Crippen LogP contribution in [0.3, 0.4) is 0 Å².